The van der Waals surface area contributed by atoms with E-state index in [4.69, 9.17) is 0 Å². The van der Waals surface area contributed by atoms with Crippen LogP contribution in [0.15, 0.2) is 12.1 Å². The molecule has 0 radical (unpaired) electrons. The number of likely N-dealkylation sites (tertiary alicyclic amines) is 1. The third-order valence-electron chi connectivity index (χ3n) is 6.91. The Labute approximate surface area is 196 Å². The van der Waals surface area contributed by atoms with Gasteiger partial charge in [0.15, 0.2) is 0 Å². The standard InChI is InChI=1S/C27H34N2O4/c1-7-8-19-13-17(2)22(18(3)14-19)23-20(30)15-27(16-21(23)31)9-11-29(12-10-27)25(33)28-24(32)26(4,5)6/h13-14,23H,9-12,15-16H2,1-6H3,(H,28,32,33). The summed E-state index contributed by atoms with van der Waals surface area (Å²) in [4.78, 5) is 52.8. The average molecular weight is 451 g/mol. The fraction of sp³-hybridized carbons (Fsp3) is 0.556. The number of urea groups is 1. The van der Waals surface area contributed by atoms with E-state index in [0.717, 1.165) is 22.3 Å². The first kappa shape index (κ1) is 24.7. The fourth-order valence-corrected chi connectivity index (χ4v) is 5.06. The Hall–Kier alpha value is -2.94. The minimum Gasteiger partial charge on any atom is -0.324 e. The molecule has 1 aromatic carbocycles. The molecule has 176 valence electrons. The minimum atomic E-state index is -0.718. The molecule has 1 spiro atoms. The second-order valence-electron chi connectivity index (χ2n) is 10.6. The van der Waals surface area contributed by atoms with Gasteiger partial charge < -0.3 is 4.90 Å². The molecule has 6 heteroatoms. The zero-order valence-corrected chi connectivity index (χ0v) is 20.6. The Morgan fingerprint density at radius 3 is 2.00 bits per heavy atom. The summed E-state index contributed by atoms with van der Waals surface area (Å²) in [7, 11) is 0. The van der Waals surface area contributed by atoms with Crippen LogP contribution >= 0.6 is 0 Å². The summed E-state index contributed by atoms with van der Waals surface area (Å²) in [5, 5.41) is 2.46. The number of nitrogens with zero attached hydrogens (tertiary/aromatic N) is 1. The maximum atomic E-state index is 13.3. The Morgan fingerprint density at radius 2 is 1.55 bits per heavy atom. The molecule has 1 aliphatic carbocycles. The van der Waals surface area contributed by atoms with Crippen molar-refractivity contribution in [2.24, 2.45) is 10.8 Å². The molecule has 3 rings (SSSR count). The fourth-order valence-electron chi connectivity index (χ4n) is 5.06. The molecular formula is C27H34N2O4. The SMILES string of the molecule is CC#Cc1cc(C)c(C2C(=O)CC3(CCN(C(=O)NC(=O)C(C)(C)C)CC3)CC2=O)c(C)c1. The molecule has 1 aliphatic heterocycles. The third-order valence-corrected chi connectivity index (χ3v) is 6.91. The summed E-state index contributed by atoms with van der Waals surface area (Å²) in [6, 6.07) is 3.48. The molecule has 2 fully saturated rings. The second-order valence-corrected chi connectivity index (χ2v) is 10.6. The molecule has 1 saturated heterocycles. The van der Waals surface area contributed by atoms with Gasteiger partial charge in [-0.25, -0.2) is 4.79 Å². The van der Waals surface area contributed by atoms with Crippen LogP contribution in [0, 0.1) is 36.5 Å². The van der Waals surface area contributed by atoms with Gasteiger partial charge in [0, 0.05) is 36.9 Å². The average Bonchev–Trinajstić information content (AvgIpc) is 2.69. The Kier molecular flexibility index (Phi) is 6.83. The van der Waals surface area contributed by atoms with E-state index < -0.39 is 22.8 Å². The molecular weight excluding hydrogens is 416 g/mol. The van der Waals surface area contributed by atoms with Gasteiger partial charge in [-0.2, -0.15) is 0 Å². The minimum absolute atomic E-state index is 0.0346. The molecule has 1 saturated carbocycles. The zero-order chi connectivity index (χ0) is 24.6. The quantitative estimate of drug-likeness (QED) is 0.517. The van der Waals surface area contributed by atoms with Crippen molar-refractivity contribution in [3.63, 3.8) is 0 Å². The molecule has 2 aliphatic rings. The van der Waals surface area contributed by atoms with Crippen LogP contribution in [-0.2, 0) is 14.4 Å². The molecule has 3 amide bonds. The van der Waals surface area contributed by atoms with E-state index in [2.05, 4.69) is 17.2 Å². The predicted octanol–water partition coefficient (Wildman–Crippen LogP) is 4.05. The predicted molar refractivity (Wildman–Crippen MR) is 127 cm³/mol. The van der Waals surface area contributed by atoms with E-state index in [0.29, 0.717) is 38.8 Å². The number of ketones is 2. The number of nitrogens with one attached hydrogen (secondary N) is 1. The van der Waals surface area contributed by atoms with Crippen LogP contribution in [0.3, 0.4) is 0 Å². The Balaban J connectivity index is 1.71. The van der Waals surface area contributed by atoms with Gasteiger partial charge in [-0.3, -0.25) is 19.7 Å². The van der Waals surface area contributed by atoms with E-state index in [1.807, 2.05) is 26.0 Å². The van der Waals surface area contributed by atoms with Gasteiger partial charge >= 0.3 is 6.03 Å². The summed E-state index contributed by atoms with van der Waals surface area (Å²) in [5.41, 5.74) is 2.50. The molecule has 0 bridgehead atoms. The molecule has 1 aromatic rings. The van der Waals surface area contributed by atoms with E-state index in [-0.39, 0.29) is 17.5 Å². The van der Waals surface area contributed by atoms with Gasteiger partial charge in [0.25, 0.3) is 0 Å². The number of piperidine rings is 1. The van der Waals surface area contributed by atoms with Gasteiger partial charge in [-0.15, -0.1) is 5.92 Å². The number of aryl methyl sites for hydroxylation is 2. The normalized spacial score (nSPS) is 18.7. The van der Waals surface area contributed by atoms with Crippen molar-refractivity contribution < 1.29 is 19.2 Å². The highest BCUT2D eigenvalue weighted by atomic mass is 16.2. The van der Waals surface area contributed by atoms with Crippen molar-refractivity contribution in [1.29, 1.82) is 0 Å². The third kappa shape index (κ3) is 5.19. The number of Topliss-reactive ketones (excluding diaryl/α,β-unsaturated/α-hetero) is 2. The first-order chi connectivity index (χ1) is 15.4. The van der Waals surface area contributed by atoms with E-state index in [1.54, 1.807) is 32.6 Å². The van der Waals surface area contributed by atoms with Crippen LogP contribution in [-0.4, -0.2) is 41.5 Å². The van der Waals surface area contributed by atoms with Crippen molar-refractivity contribution in [3.8, 4) is 11.8 Å². The van der Waals surface area contributed by atoms with Crippen molar-refractivity contribution in [2.45, 2.75) is 73.1 Å². The van der Waals surface area contributed by atoms with Gasteiger partial charge in [-0.1, -0.05) is 26.7 Å². The highest BCUT2D eigenvalue weighted by Gasteiger charge is 2.48. The van der Waals surface area contributed by atoms with Crippen molar-refractivity contribution in [3.05, 3.63) is 34.4 Å². The number of imide groups is 1. The lowest BCUT2D eigenvalue weighted by molar-refractivity contribution is -0.138. The van der Waals surface area contributed by atoms with Gasteiger partial charge in [0.05, 0.1) is 0 Å². The lowest BCUT2D eigenvalue weighted by Gasteiger charge is -2.44. The van der Waals surface area contributed by atoms with Crippen LogP contribution < -0.4 is 5.32 Å². The van der Waals surface area contributed by atoms with Gasteiger partial charge in [-0.05, 0) is 67.9 Å². The van der Waals surface area contributed by atoms with Gasteiger partial charge in [0.1, 0.15) is 17.5 Å². The number of hydrogen-bond donors (Lipinski definition) is 1. The largest absolute Gasteiger partial charge is 0.324 e. The first-order valence-corrected chi connectivity index (χ1v) is 11.6. The van der Waals surface area contributed by atoms with E-state index >= 15 is 0 Å². The lowest BCUT2D eigenvalue weighted by Crippen LogP contribution is -2.52. The molecule has 0 aromatic heterocycles. The first-order valence-electron chi connectivity index (χ1n) is 11.6. The number of carbonyl (C=O) groups is 4. The van der Waals surface area contributed by atoms with Crippen molar-refractivity contribution in [2.75, 3.05) is 13.1 Å². The van der Waals surface area contributed by atoms with Gasteiger partial charge in [0.2, 0.25) is 5.91 Å². The molecule has 0 atom stereocenters. The number of hydrogen-bond acceptors (Lipinski definition) is 4. The van der Waals surface area contributed by atoms with Crippen molar-refractivity contribution in [1.82, 2.24) is 10.2 Å². The summed E-state index contributed by atoms with van der Waals surface area (Å²) in [5.74, 6) is 4.83. The van der Waals surface area contributed by atoms with Crippen LogP contribution in [0.5, 0.6) is 0 Å². The van der Waals surface area contributed by atoms with Crippen LogP contribution in [0.4, 0.5) is 4.79 Å². The second kappa shape index (κ2) is 9.13. The van der Waals surface area contributed by atoms with Crippen LogP contribution in [0.1, 0.15) is 81.5 Å². The summed E-state index contributed by atoms with van der Waals surface area (Å²) >= 11 is 0. The van der Waals surface area contributed by atoms with E-state index in [9.17, 15) is 19.2 Å². The smallest absolute Gasteiger partial charge is 0.324 e. The van der Waals surface area contributed by atoms with Crippen LogP contribution in [0.25, 0.3) is 0 Å². The highest BCUT2D eigenvalue weighted by molar-refractivity contribution is 6.10. The summed E-state index contributed by atoms with van der Waals surface area (Å²) in [6.45, 7) is 11.8. The maximum Gasteiger partial charge on any atom is 0.324 e. The molecule has 0 unspecified atom stereocenters. The number of amides is 3. The zero-order valence-electron chi connectivity index (χ0n) is 20.6. The lowest BCUT2D eigenvalue weighted by atomic mass is 9.62. The van der Waals surface area contributed by atoms with E-state index in [1.165, 1.54) is 0 Å². The number of benzene rings is 1. The van der Waals surface area contributed by atoms with Crippen molar-refractivity contribution >= 4 is 23.5 Å². The summed E-state index contributed by atoms with van der Waals surface area (Å²) in [6.07, 6.45) is 1.85. The molecule has 1 heterocycles. The topological polar surface area (TPSA) is 83.6 Å². The Morgan fingerprint density at radius 1 is 1.03 bits per heavy atom. The number of carbonyl (C=O) groups excluding carboxylic acids is 4. The molecule has 6 nitrogen and oxygen atoms in total. The highest BCUT2D eigenvalue weighted by Crippen LogP contribution is 2.46. The summed E-state index contributed by atoms with van der Waals surface area (Å²) < 4.78 is 0. The number of rotatable bonds is 1. The molecule has 33 heavy (non-hydrogen) atoms. The maximum absolute atomic E-state index is 13.3. The monoisotopic (exact) mass is 450 g/mol. The van der Waals surface area contributed by atoms with Crippen LogP contribution in [0.2, 0.25) is 0 Å². The molecule has 1 N–H and O–H groups in total. The Bertz CT molecular complexity index is 1020.